The molecule has 4 aromatic rings. The van der Waals surface area contributed by atoms with Crippen LogP contribution in [0.3, 0.4) is 0 Å². The molecule has 0 aliphatic heterocycles. The van der Waals surface area contributed by atoms with Crippen molar-refractivity contribution in [2.45, 2.75) is 37.5 Å². The maximum Gasteiger partial charge on any atom is 2.00 e. The molecule has 1 aliphatic carbocycles. The summed E-state index contributed by atoms with van der Waals surface area (Å²) in [7, 11) is 0. The van der Waals surface area contributed by atoms with E-state index in [0.717, 1.165) is 42.8 Å². The normalized spacial score (nSPS) is 15.3. The van der Waals surface area contributed by atoms with Gasteiger partial charge in [-0.2, -0.15) is 41.5 Å². The zero-order chi connectivity index (χ0) is 20.4. The van der Waals surface area contributed by atoms with Gasteiger partial charge in [0, 0.05) is 11.9 Å². The van der Waals surface area contributed by atoms with Crippen LogP contribution in [-0.4, -0.2) is 19.7 Å². The number of hydrogen-bond donors (Lipinski definition) is 0. The summed E-state index contributed by atoms with van der Waals surface area (Å²) in [5, 5.41) is 4.93. The maximum atomic E-state index is 13.6. The number of rotatable bonds is 4. The third kappa shape index (κ3) is 4.24. The molecule has 0 bridgehead atoms. The standard InChI is InChI=1S/C25H21FN4.Pt/c26-24-14-8-12-21(28-24)20-11-7-13-22(27-20)25(16-5-2-6-17-25)23-15-18-30(29-23)19-9-3-1-4-10-19;/h1,3-4,7-9,11,13-15,18H,2,5-6,16-17H2;/q-2;+2. The van der Waals surface area contributed by atoms with E-state index in [-0.39, 0.29) is 26.5 Å². The molecule has 0 unspecified atom stereocenters. The van der Waals surface area contributed by atoms with Crippen molar-refractivity contribution in [1.82, 2.24) is 19.7 Å². The average molecular weight is 592 g/mol. The molecule has 0 atom stereocenters. The van der Waals surface area contributed by atoms with E-state index in [1.807, 2.05) is 47.3 Å². The molecule has 1 saturated carbocycles. The molecule has 0 N–H and O–H groups in total. The first-order valence-corrected chi connectivity index (χ1v) is 10.3. The van der Waals surface area contributed by atoms with E-state index in [0.29, 0.717) is 11.4 Å². The second-order valence-electron chi connectivity index (χ2n) is 7.70. The summed E-state index contributed by atoms with van der Waals surface area (Å²) >= 11 is 0. The maximum absolute atomic E-state index is 13.6. The molecule has 0 amide bonds. The predicted octanol–water partition coefficient (Wildman–Crippen LogP) is 5.32. The van der Waals surface area contributed by atoms with Crippen molar-refractivity contribution in [1.29, 1.82) is 0 Å². The number of nitrogens with zero attached hydrogens (tertiary/aromatic N) is 4. The predicted molar refractivity (Wildman–Crippen MR) is 113 cm³/mol. The van der Waals surface area contributed by atoms with Crippen LogP contribution in [0.2, 0.25) is 0 Å². The first-order valence-electron chi connectivity index (χ1n) is 10.3. The minimum absolute atomic E-state index is 0. The number of pyridine rings is 2. The van der Waals surface area contributed by atoms with Crippen LogP contribution in [0.4, 0.5) is 4.39 Å². The Balaban J connectivity index is 0.00000231. The van der Waals surface area contributed by atoms with Crippen LogP contribution < -0.4 is 0 Å². The van der Waals surface area contributed by atoms with E-state index in [1.165, 1.54) is 12.5 Å². The zero-order valence-corrected chi connectivity index (χ0v) is 19.1. The second-order valence-corrected chi connectivity index (χ2v) is 7.70. The Morgan fingerprint density at radius 2 is 1.71 bits per heavy atom. The summed E-state index contributed by atoms with van der Waals surface area (Å²) in [6.07, 6.45) is 7.43. The molecule has 4 nitrogen and oxygen atoms in total. The van der Waals surface area contributed by atoms with Crippen molar-refractivity contribution in [3.63, 3.8) is 0 Å². The fourth-order valence-electron chi connectivity index (χ4n) is 4.37. The summed E-state index contributed by atoms with van der Waals surface area (Å²) in [6.45, 7) is 0. The molecular formula is C25H21FN4Pt. The topological polar surface area (TPSA) is 43.6 Å². The molecule has 5 rings (SSSR count). The quantitative estimate of drug-likeness (QED) is 0.239. The van der Waals surface area contributed by atoms with E-state index in [2.05, 4.69) is 29.2 Å². The largest absolute Gasteiger partial charge is 2.00 e. The SMILES string of the molecule is Fc1cc[c-]c(-c2cccc(C3(c4ccn(-c5[c-]cccc5)n4)CCCCC3)n2)n1.[Pt+2]. The van der Waals surface area contributed by atoms with Crippen LogP contribution in [0.15, 0.2) is 66.9 Å². The molecule has 6 heteroatoms. The molecule has 31 heavy (non-hydrogen) atoms. The van der Waals surface area contributed by atoms with E-state index < -0.39 is 5.95 Å². The number of benzene rings is 1. The van der Waals surface area contributed by atoms with Crippen LogP contribution in [0.1, 0.15) is 43.5 Å². The van der Waals surface area contributed by atoms with Crippen molar-refractivity contribution in [2.24, 2.45) is 0 Å². The van der Waals surface area contributed by atoms with Crippen molar-refractivity contribution in [2.75, 3.05) is 0 Å². The second kappa shape index (κ2) is 9.23. The Kier molecular flexibility index (Phi) is 6.43. The van der Waals surface area contributed by atoms with Gasteiger partial charge in [0.2, 0.25) is 0 Å². The molecule has 1 aromatic carbocycles. The monoisotopic (exact) mass is 591 g/mol. The van der Waals surface area contributed by atoms with Gasteiger partial charge in [-0.05, 0) is 42.0 Å². The van der Waals surface area contributed by atoms with E-state index >= 15 is 0 Å². The summed E-state index contributed by atoms with van der Waals surface area (Å²) in [6, 6.07) is 24.8. The molecular weight excluding hydrogens is 570 g/mol. The summed E-state index contributed by atoms with van der Waals surface area (Å²) < 4.78 is 15.5. The molecule has 1 fully saturated rings. The Morgan fingerprint density at radius 1 is 0.839 bits per heavy atom. The number of hydrogen-bond acceptors (Lipinski definition) is 3. The van der Waals surface area contributed by atoms with Gasteiger partial charge < -0.3 is 4.98 Å². The number of para-hydroxylation sites is 1. The Labute approximate surface area is 195 Å². The van der Waals surface area contributed by atoms with Gasteiger partial charge >= 0.3 is 21.1 Å². The van der Waals surface area contributed by atoms with Gasteiger partial charge in [-0.3, -0.25) is 9.67 Å². The fraction of sp³-hybridized carbons (Fsp3) is 0.240. The molecule has 158 valence electrons. The van der Waals surface area contributed by atoms with Crippen molar-refractivity contribution >= 4 is 0 Å². The van der Waals surface area contributed by atoms with Gasteiger partial charge in [0.15, 0.2) is 5.95 Å². The van der Waals surface area contributed by atoms with E-state index in [4.69, 9.17) is 10.1 Å². The Bertz CT molecular complexity index is 1150. The van der Waals surface area contributed by atoms with Crippen LogP contribution >= 0.6 is 0 Å². The average Bonchev–Trinajstić information content (AvgIpc) is 3.31. The van der Waals surface area contributed by atoms with E-state index in [9.17, 15) is 4.39 Å². The molecule has 0 saturated heterocycles. The van der Waals surface area contributed by atoms with Gasteiger partial charge in [0.05, 0.1) is 11.1 Å². The summed E-state index contributed by atoms with van der Waals surface area (Å²) in [5.41, 5.74) is 3.68. The summed E-state index contributed by atoms with van der Waals surface area (Å²) in [5.74, 6) is -0.527. The third-order valence-corrected chi connectivity index (χ3v) is 5.87. The molecule has 0 spiro atoms. The first kappa shape index (κ1) is 21.6. The van der Waals surface area contributed by atoms with Crippen molar-refractivity contribution in [3.05, 3.63) is 96.3 Å². The molecule has 3 aromatic heterocycles. The third-order valence-electron chi connectivity index (χ3n) is 5.87. The smallest absolute Gasteiger partial charge is 0.314 e. The van der Waals surface area contributed by atoms with Crippen LogP contribution in [0.5, 0.6) is 0 Å². The van der Waals surface area contributed by atoms with Crippen LogP contribution in [-0.2, 0) is 26.5 Å². The van der Waals surface area contributed by atoms with Gasteiger partial charge in [-0.25, -0.2) is 4.39 Å². The number of halogens is 1. The van der Waals surface area contributed by atoms with Gasteiger partial charge in [0.1, 0.15) is 0 Å². The zero-order valence-electron chi connectivity index (χ0n) is 16.9. The van der Waals surface area contributed by atoms with E-state index in [1.54, 1.807) is 6.07 Å². The van der Waals surface area contributed by atoms with Crippen molar-refractivity contribution < 1.29 is 25.5 Å². The summed E-state index contributed by atoms with van der Waals surface area (Å²) in [4.78, 5) is 8.88. The minimum atomic E-state index is -0.527. The van der Waals surface area contributed by atoms with Crippen molar-refractivity contribution in [3.8, 4) is 17.1 Å². The first-order chi connectivity index (χ1) is 14.7. The molecule has 0 radical (unpaired) electrons. The fourth-order valence-corrected chi connectivity index (χ4v) is 4.37. The van der Waals surface area contributed by atoms with Crippen LogP contribution in [0.25, 0.3) is 17.1 Å². The molecule has 1 aliphatic rings. The Hall–Kier alpha value is -2.65. The van der Waals surface area contributed by atoms with Gasteiger partial charge in [-0.15, -0.1) is 12.1 Å². The minimum Gasteiger partial charge on any atom is -0.314 e. The Morgan fingerprint density at radius 3 is 2.48 bits per heavy atom. The number of aromatic nitrogens is 4. The van der Waals surface area contributed by atoms with Crippen LogP contribution in [0, 0.1) is 18.1 Å². The molecule has 3 heterocycles. The van der Waals surface area contributed by atoms with Gasteiger partial charge in [0.25, 0.3) is 0 Å². The van der Waals surface area contributed by atoms with Gasteiger partial charge in [-0.1, -0.05) is 31.4 Å².